The highest BCUT2D eigenvalue weighted by Crippen LogP contribution is 2.36. The molecule has 0 aliphatic rings. The zero-order valence-electron chi connectivity index (χ0n) is 26.0. The van der Waals surface area contributed by atoms with Gasteiger partial charge < -0.3 is 14.2 Å². The number of hydrogen-bond donors (Lipinski definition) is 1. The SMILES string of the molecule is C=C(C)c1cccc(C(C)(C)NC(=O)OCCn2cc[n+](CCCCCCCC)c2)c1.O=S(=O)([N-]S(=O)(=O)C(F)(F)F)C(F)(F)F. The lowest BCUT2D eigenvalue weighted by Gasteiger charge is -2.27. The quantitative estimate of drug-likeness (QED) is 0.122. The first-order chi connectivity index (χ1) is 21.0. The number of sulfonamides is 2. The van der Waals surface area contributed by atoms with Crippen molar-refractivity contribution in [3.63, 3.8) is 0 Å². The lowest BCUT2D eigenvalue weighted by atomic mass is 9.92. The van der Waals surface area contributed by atoms with Gasteiger partial charge in [-0.15, -0.1) is 0 Å². The minimum absolute atomic E-state index is 0.333. The number of benzene rings is 1. The molecular formula is C28H40F6N4O6S2. The van der Waals surface area contributed by atoms with E-state index in [4.69, 9.17) is 4.74 Å². The van der Waals surface area contributed by atoms with E-state index in [1.165, 1.54) is 38.5 Å². The molecule has 0 atom stereocenters. The van der Waals surface area contributed by atoms with Crippen LogP contribution in [-0.4, -0.2) is 45.1 Å². The Morgan fingerprint density at radius 3 is 2.09 bits per heavy atom. The number of aryl methyl sites for hydroxylation is 1. The van der Waals surface area contributed by atoms with Gasteiger partial charge in [0.25, 0.3) is 0 Å². The number of halogens is 6. The average Bonchev–Trinajstić information content (AvgIpc) is 3.36. The maximum Gasteiger partial charge on any atom is 0.480 e. The fourth-order valence-electron chi connectivity index (χ4n) is 3.77. The van der Waals surface area contributed by atoms with Gasteiger partial charge in [-0.2, -0.15) is 26.3 Å². The highest BCUT2D eigenvalue weighted by molar-refractivity contribution is 8.13. The van der Waals surface area contributed by atoms with Crippen molar-refractivity contribution in [1.29, 1.82) is 0 Å². The van der Waals surface area contributed by atoms with E-state index in [9.17, 15) is 48.0 Å². The first-order valence-corrected chi connectivity index (χ1v) is 17.0. The van der Waals surface area contributed by atoms with Gasteiger partial charge in [-0.1, -0.05) is 63.0 Å². The first-order valence-electron chi connectivity index (χ1n) is 14.2. The fraction of sp³-hybridized carbons (Fsp3) is 0.571. The Morgan fingerprint density at radius 1 is 0.978 bits per heavy atom. The zero-order valence-corrected chi connectivity index (χ0v) is 27.6. The molecule has 1 heterocycles. The van der Waals surface area contributed by atoms with Crippen LogP contribution >= 0.6 is 0 Å². The molecule has 0 aliphatic carbocycles. The summed E-state index contributed by atoms with van der Waals surface area (Å²) in [6, 6.07) is 8.08. The van der Waals surface area contributed by atoms with Gasteiger partial charge in [0, 0.05) is 0 Å². The molecule has 0 spiro atoms. The van der Waals surface area contributed by atoms with E-state index in [0.717, 1.165) is 27.4 Å². The van der Waals surface area contributed by atoms with Crippen LogP contribution in [0, 0.1) is 0 Å². The molecule has 0 radical (unpaired) electrons. The number of hydrogen-bond acceptors (Lipinski definition) is 6. The van der Waals surface area contributed by atoms with Crippen molar-refractivity contribution in [2.75, 3.05) is 6.61 Å². The van der Waals surface area contributed by atoms with Gasteiger partial charge in [0.2, 0.25) is 6.33 Å². The number of unbranched alkanes of at least 4 members (excludes halogenated alkanes) is 5. The number of ether oxygens (including phenoxy) is 1. The van der Waals surface area contributed by atoms with E-state index < -0.39 is 42.7 Å². The molecule has 262 valence electrons. The van der Waals surface area contributed by atoms with Crippen molar-refractivity contribution < 1.29 is 57.3 Å². The molecule has 0 fully saturated rings. The van der Waals surface area contributed by atoms with Crippen LogP contribution in [0.4, 0.5) is 31.1 Å². The predicted molar refractivity (Wildman–Crippen MR) is 160 cm³/mol. The number of carbonyl (C=O) groups is 1. The first kappa shape index (κ1) is 40.9. The largest absolute Gasteiger partial charge is 0.480 e. The van der Waals surface area contributed by atoms with Crippen LogP contribution in [0.3, 0.4) is 0 Å². The Hall–Kier alpha value is -3.12. The fourth-order valence-corrected chi connectivity index (χ4v) is 5.48. The number of nitrogens with one attached hydrogen (secondary N) is 1. The number of rotatable bonds is 15. The second-order valence-corrected chi connectivity index (χ2v) is 14.2. The van der Waals surface area contributed by atoms with Crippen molar-refractivity contribution in [1.82, 2.24) is 9.88 Å². The Bertz CT molecular complexity index is 1460. The van der Waals surface area contributed by atoms with Crippen molar-refractivity contribution >= 4 is 31.7 Å². The summed E-state index contributed by atoms with van der Waals surface area (Å²) in [4.78, 5) is 12.3. The van der Waals surface area contributed by atoms with Gasteiger partial charge in [-0.3, -0.25) is 0 Å². The molecule has 0 saturated carbocycles. The van der Waals surface area contributed by atoms with E-state index in [2.05, 4.69) is 46.5 Å². The molecule has 0 bridgehead atoms. The second-order valence-electron chi connectivity index (χ2n) is 10.8. The molecule has 0 saturated heterocycles. The molecule has 2 rings (SSSR count). The normalized spacial score (nSPS) is 12.7. The van der Waals surface area contributed by atoms with Gasteiger partial charge >= 0.3 is 17.1 Å². The van der Waals surface area contributed by atoms with Crippen LogP contribution < -0.4 is 9.88 Å². The third kappa shape index (κ3) is 13.7. The van der Waals surface area contributed by atoms with Crippen LogP contribution in [0.2, 0.25) is 0 Å². The topological polar surface area (TPSA) is 130 Å². The van der Waals surface area contributed by atoms with E-state index in [-0.39, 0.29) is 0 Å². The standard InChI is InChI=1S/C26H39N3O2.C2F6NO4S2/c1-6-7-8-9-10-11-15-28-16-17-29(21-28)18-19-31-25(30)27-26(4,5)24-14-12-13-23(20-24)22(2)3;3-1(4,5)14(10,11)9-15(12,13)2(6,7)8/h12-14,16-17,20-21H,2,6-11,15,18-19H2,1,3-5H3;/q;-1/p+1. The minimum Gasteiger partial charge on any atom is -0.445 e. The van der Waals surface area contributed by atoms with Crippen molar-refractivity contribution in [3.05, 3.63) is 64.8 Å². The van der Waals surface area contributed by atoms with Gasteiger partial charge in [0.1, 0.15) is 25.5 Å². The molecule has 10 nitrogen and oxygen atoms in total. The van der Waals surface area contributed by atoms with Crippen molar-refractivity contribution in [2.45, 2.75) is 95.9 Å². The van der Waals surface area contributed by atoms with Crippen LogP contribution in [0.15, 0.2) is 49.6 Å². The third-order valence-corrected chi connectivity index (χ3v) is 9.11. The summed E-state index contributed by atoms with van der Waals surface area (Å²) in [7, 11) is -13.4. The summed E-state index contributed by atoms with van der Waals surface area (Å²) in [6.07, 6.45) is 13.6. The molecular weight excluding hydrogens is 666 g/mol. The lowest BCUT2D eigenvalue weighted by Crippen LogP contribution is -2.41. The molecule has 1 aromatic heterocycles. The number of imidazole rings is 1. The molecule has 1 aromatic carbocycles. The number of alkyl carbamates (subject to hydrolysis) is 1. The van der Waals surface area contributed by atoms with Gasteiger partial charge in [-0.25, -0.2) is 30.8 Å². The second kappa shape index (κ2) is 17.2. The molecule has 1 N–H and O–H groups in total. The van der Waals surface area contributed by atoms with Crippen molar-refractivity contribution in [2.24, 2.45) is 0 Å². The number of alkyl halides is 6. The Balaban J connectivity index is 0.000000595. The van der Waals surface area contributed by atoms with Crippen LogP contribution in [0.1, 0.15) is 77.3 Å². The van der Waals surface area contributed by atoms with Gasteiger partial charge in [0.05, 0.1) is 12.1 Å². The Kier molecular flexibility index (Phi) is 15.3. The summed E-state index contributed by atoms with van der Waals surface area (Å²) in [5.41, 5.74) is -9.85. The Labute approximate surface area is 265 Å². The van der Waals surface area contributed by atoms with E-state index in [1.807, 2.05) is 45.2 Å². The Morgan fingerprint density at radius 2 is 1.54 bits per heavy atom. The van der Waals surface area contributed by atoms with Crippen LogP contribution in [0.25, 0.3) is 9.70 Å². The molecule has 18 heteroatoms. The molecule has 1 amide bonds. The van der Waals surface area contributed by atoms with Gasteiger partial charge in [0.15, 0.2) is 20.0 Å². The van der Waals surface area contributed by atoms with Crippen molar-refractivity contribution in [3.8, 4) is 0 Å². The summed E-state index contributed by atoms with van der Waals surface area (Å²) >= 11 is 0. The zero-order chi connectivity index (χ0) is 35.4. The monoisotopic (exact) mass is 706 g/mol. The summed E-state index contributed by atoms with van der Waals surface area (Å²) in [5.74, 6) is 0. The minimum atomic E-state index is -6.72. The van der Waals surface area contributed by atoms with Crippen LogP contribution in [0.5, 0.6) is 0 Å². The number of aromatic nitrogens is 2. The number of nitrogens with zero attached hydrogens (tertiary/aromatic N) is 3. The highest BCUT2D eigenvalue weighted by atomic mass is 32.3. The molecule has 0 aliphatic heterocycles. The van der Waals surface area contributed by atoms with E-state index in [1.54, 1.807) is 0 Å². The van der Waals surface area contributed by atoms with E-state index >= 15 is 0 Å². The maximum atomic E-state index is 12.3. The number of allylic oxidation sites excluding steroid dienone is 1. The number of amides is 1. The average molecular weight is 707 g/mol. The van der Waals surface area contributed by atoms with Gasteiger partial charge in [-0.05, 0) is 50.8 Å². The summed E-state index contributed by atoms with van der Waals surface area (Å²) < 4.78 is 119. The highest BCUT2D eigenvalue weighted by Gasteiger charge is 2.47. The number of carbonyl (C=O) groups excluding carboxylic acids is 1. The van der Waals surface area contributed by atoms with E-state index in [0.29, 0.717) is 13.2 Å². The third-order valence-electron chi connectivity index (χ3n) is 6.37. The summed E-state index contributed by atoms with van der Waals surface area (Å²) in [5, 5.41) is 2.97. The van der Waals surface area contributed by atoms with Crippen LogP contribution in [-0.2, 0) is 43.4 Å². The molecule has 46 heavy (non-hydrogen) atoms. The molecule has 2 aromatic rings. The maximum absolute atomic E-state index is 12.3. The lowest BCUT2D eigenvalue weighted by molar-refractivity contribution is -0.696. The summed E-state index contributed by atoms with van der Waals surface area (Å²) in [6.45, 7) is 14.2. The molecule has 0 unspecified atom stereocenters. The predicted octanol–water partition coefficient (Wildman–Crippen LogP) is 6.89. The smallest absolute Gasteiger partial charge is 0.445 e.